The van der Waals surface area contributed by atoms with Crippen LogP contribution in [0.25, 0.3) is 5.76 Å². The van der Waals surface area contributed by atoms with Crippen molar-refractivity contribution in [2.24, 2.45) is 17.6 Å². The van der Waals surface area contributed by atoms with Gasteiger partial charge < -0.3 is 41.3 Å². The van der Waals surface area contributed by atoms with Crippen LogP contribution in [0.1, 0.15) is 30.4 Å². The van der Waals surface area contributed by atoms with E-state index in [0.29, 0.717) is 5.56 Å². The van der Waals surface area contributed by atoms with Gasteiger partial charge in [0.05, 0.1) is 24.4 Å². The van der Waals surface area contributed by atoms with Crippen LogP contribution < -0.4 is 10.6 Å². The van der Waals surface area contributed by atoms with E-state index in [0.717, 1.165) is 5.69 Å². The monoisotopic (exact) mass is 575 g/mol. The van der Waals surface area contributed by atoms with Gasteiger partial charge in [-0.2, -0.15) is 0 Å². The Morgan fingerprint density at radius 2 is 1.56 bits per heavy atom. The summed E-state index contributed by atoms with van der Waals surface area (Å²) in [6, 6.07) is 2.01. The number of amides is 1. The number of aliphatic carboxylic acids is 2. The number of carboxylic acid groups (broad SMARTS) is 2. The molecule has 1 saturated carbocycles. The third-order valence-electron chi connectivity index (χ3n) is 7.61. The van der Waals surface area contributed by atoms with Crippen molar-refractivity contribution < 1.29 is 54.6 Å². The van der Waals surface area contributed by atoms with Gasteiger partial charge in [0.15, 0.2) is 11.4 Å². The molecule has 0 bridgehead atoms. The number of ketones is 2. The first kappa shape index (κ1) is 31.1. The molecule has 4 rings (SSSR count). The van der Waals surface area contributed by atoms with Crippen LogP contribution in [0.2, 0.25) is 0 Å². The van der Waals surface area contributed by atoms with Crippen molar-refractivity contribution in [3.05, 3.63) is 40.2 Å². The summed E-state index contributed by atoms with van der Waals surface area (Å²) < 4.78 is 0. The number of benzene rings is 1. The summed E-state index contributed by atoms with van der Waals surface area (Å²) in [6.07, 6.45) is -0.268. The van der Waals surface area contributed by atoms with Gasteiger partial charge in [-0.25, -0.2) is 0 Å². The molecule has 0 aliphatic heterocycles. The van der Waals surface area contributed by atoms with Gasteiger partial charge >= 0.3 is 11.9 Å². The van der Waals surface area contributed by atoms with E-state index in [9.17, 15) is 44.4 Å². The van der Waals surface area contributed by atoms with Gasteiger partial charge in [-0.15, -0.1) is 0 Å². The molecule has 3 aliphatic rings. The molecule has 14 nitrogen and oxygen atoms in total. The van der Waals surface area contributed by atoms with E-state index < -0.39 is 70.0 Å². The Hall–Kier alpha value is -4.43. The number of rotatable bonds is 6. The van der Waals surface area contributed by atoms with Crippen LogP contribution in [0.5, 0.6) is 5.75 Å². The quantitative estimate of drug-likeness (QED) is 0.221. The smallest absolute Gasteiger partial charge is 0.303 e. The number of aliphatic hydroxyl groups is 3. The number of anilines is 1. The molecular formula is C27H33N3O11. The number of hydrogen-bond acceptors (Lipinski definition) is 11. The van der Waals surface area contributed by atoms with Gasteiger partial charge in [-0.1, -0.05) is 0 Å². The maximum Gasteiger partial charge on any atom is 0.303 e. The number of nitrogens with zero attached hydrogens (tertiary/aromatic N) is 2. The molecule has 41 heavy (non-hydrogen) atoms. The maximum absolute atomic E-state index is 13.7. The normalized spacial score (nSPS) is 25.1. The van der Waals surface area contributed by atoms with Gasteiger partial charge in [0.25, 0.3) is 5.91 Å². The SMILES string of the molecule is CN(C)c1ccc(O)c2c1C[C@H]1C[C@@H]3[C@H](N(C)C)C(=O)C(C(N)=O)=C(O)[C@@]3(O)C(=O)C1=C2O.O=C(O)CCC(=O)O. The zero-order valence-corrected chi connectivity index (χ0v) is 22.9. The van der Waals surface area contributed by atoms with E-state index in [4.69, 9.17) is 15.9 Å². The van der Waals surface area contributed by atoms with Crippen LogP contribution >= 0.6 is 0 Å². The zero-order chi connectivity index (χ0) is 31.1. The van der Waals surface area contributed by atoms with Crippen LogP contribution in [-0.2, 0) is 30.4 Å². The molecule has 0 radical (unpaired) electrons. The lowest BCUT2D eigenvalue weighted by atomic mass is 9.57. The van der Waals surface area contributed by atoms with Crippen LogP contribution in [-0.4, -0.2) is 105 Å². The highest BCUT2D eigenvalue weighted by molar-refractivity contribution is 6.24. The summed E-state index contributed by atoms with van der Waals surface area (Å²) in [6.45, 7) is 0. The van der Waals surface area contributed by atoms with Gasteiger partial charge in [0, 0.05) is 31.3 Å². The van der Waals surface area contributed by atoms with Gasteiger partial charge in [-0.05, 0) is 50.6 Å². The molecule has 1 fully saturated rings. The molecule has 8 N–H and O–H groups in total. The number of phenolic OH excluding ortho intramolecular Hbond substituents is 1. The lowest BCUT2D eigenvalue weighted by Crippen LogP contribution is -2.65. The molecule has 3 aliphatic carbocycles. The molecule has 0 spiro atoms. The first-order valence-electron chi connectivity index (χ1n) is 12.6. The van der Waals surface area contributed by atoms with Crippen molar-refractivity contribution in [1.29, 1.82) is 0 Å². The van der Waals surface area contributed by atoms with Crippen molar-refractivity contribution in [3.63, 3.8) is 0 Å². The second-order valence-electron chi connectivity index (χ2n) is 10.6. The van der Waals surface area contributed by atoms with Gasteiger partial charge in [0.2, 0.25) is 5.78 Å². The highest BCUT2D eigenvalue weighted by Crippen LogP contribution is 2.53. The molecule has 0 unspecified atom stereocenters. The predicted molar refractivity (Wildman–Crippen MR) is 143 cm³/mol. The number of fused-ring (bicyclic) bond motifs is 3. The lowest BCUT2D eigenvalue weighted by molar-refractivity contribution is -0.153. The first-order valence-corrected chi connectivity index (χ1v) is 12.6. The minimum absolute atomic E-state index is 0.0638. The lowest BCUT2D eigenvalue weighted by Gasteiger charge is -2.50. The number of carboxylic acids is 2. The van der Waals surface area contributed by atoms with Crippen molar-refractivity contribution in [2.75, 3.05) is 33.1 Å². The summed E-state index contributed by atoms with van der Waals surface area (Å²) in [5, 5.41) is 59.7. The molecule has 1 aromatic rings. The molecule has 4 atom stereocenters. The maximum atomic E-state index is 13.7. The molecule has 0 saturated heterocycles. The Kier molecular flexibility index (Phi) is 8.51. The van der Waals surface area contributed by atoms with E-state index in [1.807, 2.05) is 19.0 Å². The van der Waals surface area contributed by atoms with E-state index in [1.54, 1.807) is 20.2 Å². The number of carbonyl (C=O) groups is 5. The average molecular weight is 576 g/mol. The molecule has 1 aromatic carbocycles. The summed E-state index contributed by atoms with van der Waals surface area (Å²) in [4.78, 5) is 61.3. The number of primary amides is 1. The Balaban J connectivity index is 0.000000507. The van der Waals surface area contributed by atoms with Crippen molar-refractivity contribution >= 4 is 40.9 Å². The number of Topliss-reactive ketones (excluding diaryl/α,β-unsaturated/α-hetero) is 2. The van der Waals surface area contributed by atoms with E-state index in [2.05, 4.69) is 0 Å². The van der Waals surface area contributed by atoms with Crippen molar-refractivity contribution in [2.45, 2.75) is 37.3 Å². The van der Waals surface area contributed by atoms with Crippen LogP contribution in [0.15, 0.2) is 29.0 Å². The van der Waals surface area contributed by atoms with E-state index in [-0.39, 0.29) is 42.6 Å². The average Bonchev–Trinajstić information content (AvgIpc) is 2.84. The molecule has 0 aromatic heterocycles. The summed E-state index contributed by atoms with van der Waals surface area (Å²) in [5.41, 5.74) is 3.15. The third kappa shape index (κ3) is 5.23. The predicted octanol–water partition coefficient (Wildman–Crippen LogP) is -0.0342. The van der Waals surface area contributed by atoms with E-state index >= 15 is 0 Å². The zero-order valence-electron chi connectivity index (χ0n) is 22.9. The number of carbonyl (C=O) groups excluding carboxylic acids is 3. The van der Waals surface area contributed by atoms with Crippen LogP contribution in [0, 0.1) is 11.8 Å². The van der Waals surface area contributed by atoms with Gasteiger partial charge in [-0.3, -0.25) is 28.9 Å². The first-order chi connectivity index (χ1) is 19.0. The van der Waals surface area contributed by atoms with Gasteiger partial charge in [0.1, 0.15) is 22.8 Å². The fourth-order valence-corrected chi connectivity index (χ4v) is 5.86. The third-order valence-corrected chi connectivity index (χ3v) is 7.61. The number of likely N-dealkylation sites (N-methyl/N-ethyl adjacent to an activating group) is 1. The molecular weight excluding hydrogens is 542 g/mol. The number of phenols is 1. The second kappa shape index (κ2) is 11.2. The Morgan fingerprint density at radius 1 is 1.00 bits per heavy atom. The number of aliphatic hydroxyl groups excluding tert-OH is 2. The minimum atomic E-state index is -2.63. The summed E-state index contributed by atoms with van der Waals surface area (Å²) in [5.74, 6) is -8.69. The van der Waals surface area contributed by atoms with E-state index in [1.165, 1.54) is 11.0 Å². The fraction of sp³-hybridized carbons (Fsp3) is 0.444. The number of nitrogens with two attached hydrogens (primary N) is 1. The second-order valence-corrected chi connectivity index (χ2v) is 10.6. The fourth-order valence-electron chi connectivity index (χ4n) is 5.86. The summed E-state index contributed by atoms with van der Waals surface area (Å²) >= 11 is 0. The molecule has 0 heterocycles. The Labute approximate surface area is 234 Å². The van der Waals surface area contributed by atoms with Crippen molar-refractivity contribution in [3.8, 4) is 5.75 Å². The highest BCUT2D eigenvalue weighted by Gasteiger charge is 2.64. The largest absolute Gasteiger partial charge is 0.508 e. The molecule has 1 amide bonds. The Bertz CT molecular complexity index is 1380. The topological polar surface area (TPSA) is 239 Å². The molecule has 222 valence electrons. The minimum Gasteiger partial charge on any atom is -0.508 e. The van der Waals surface area contributed by atoms with Crippen LogP contribution in [0.4, 0.5) is 5.69 Å². The Morgan fingerprint density at radius 3 is 2.02 bits per heavy atom. The number of aromatic hydroxyl groups is 1. The van der Waals surface area contributed by atoms with Crippen molar-refractivity contribution in [1.82, 2.24) is 4.90 Å². The summed E-state index contributed by atoms with van der Waals surface area (Å²) in [7, 11) is 6.75. The van der Waals surface area contributed by atoms with Crippen LogP contribution in [0.3, 0.4) is 0 Å². The highest BCUT2D eigenvalue weighted by atomic mass is 16.4. The molecule has 14 heteroatoms. The number of hydrogen-bond donors (Lipinski definition) is 7. The standard InChI is InChI=1S/C23H27N3O7.C4H6O4/c1-25(2)12-5-6-13(27)15-10(12)7-9-8-11-17(26(3)4)19(29)16(22(24)32)21(31)23(11,33)20(30)14(9)18(15)28;5-3(6)1-2-4(7)8/h5-6,9,11,17,27-28,31,33H,7-8H2,1-4H3,(H2,24,32);1-2H2,(H,5,6)(H,7,8)/t9-,11+,17-,23-;/m0./s1.